The van der Waals surface area contributed by atoms with Crippen molar-refractivity contribution in [1.29, 1.82) is 0 Å². The minimum atomic E-state index is -0.125. The first-order valence-corrected chi connectivity index (χ1v) is 10.7. The minimum Gasteiger partial charge on any atom is -0.508 e. The van der Waals surface area contributed by atoms with Crippen LogP contribution in [0.2, 0.25) is 0 Å². The molecule has 1 aromatic rings. The Labute approximate surface area is 228 Å². The number of aryl methyl sites for hydroxylation is 1. The molecule has 0 aliphatic heterocycles. The summed E-state index contributed by atoms with van der Waals surface area (Å²) in [6.07, 6.45) is 4.65. The van der Waals surface area contributed by atoms with Gasteiger partial charge in [-0.15, -0.1) is 132 Å². The summed E-state index contributed by atoms with van der Waals surface area (Å²) in [6, 6.07) is 7.58. The van der Waals surface area contributed by atoms with Crippen LogP contribution in [0.5, 0.6) is 5.75 Å². The first-order chi connectivity index (χ1) is 17.8. The Morgan fingerprint density at radius 1 is 0.500 bits per heavy atom. The Kier molecular flexibility index (Phi) is 367. The van der Waals surface area contributed by atoms with E-state index in [1.54, 1.807) is 6.07 Å². The molecule has 3 N–H and O–H groups in total. The number of unbranched alkanes of at least 4 members (excludes halogenated alkanes) is 2. The van der Waals surface area contributed by atoms with Crippen molar-refractivity contribution in [3.63, 3.8) is 0 Å². The first-order valence-electron chi connectivity index (χ1n) is 10.7. The summed E-state index contributed by atoms with van der Waals surface area (Å²) in [6.45, 7) is 61.9. The topological polar surface area (TPSA) is 60.7 Å². The molecule has 0 atom stereocenters. The lowest BCUT2D eigenvalue weighted by Crippen LogP contribution is -1.85. The number of aliphatic hydroxyl groups excluding tert-OH is 2. The maximum absolute atomic E-state index is 9.41. The number of aliphatic hydroxyl groups is 2. The van der Waals surface area contributed by atoms with Crippen LogP contribution in [0.1, 0.15) is 31.7 Å². The fourth-order valence-electron chi connectivity index (χ4n) is 1.29. The molecule has 0 aliphatic rings. The Hall–Kier alpha value is -3.66. The van der Waals surface area contributed by atoms with Crippen molar-refractivity contribution in [2.24, 2.45) is 0 Å². The Balaban J connectivity index is -0.0000000247. The van der Waals surface area contributed by atoms with Crippen LogP contribution in [0, 0.1) is 0 Å². The molecule has 0 unspecified atom stereocenters. The van der Waals surface area contributed by atoms with Gasteiger partial charge in [0.25, 0.3) is 0 Å². The van der Waals surface area contributed by atoms with Crippen molar-refractivity contribution in [3.8, 4) is 5.75 Å². The molecule has 0 aliphatic carbocycles. The van der Waals surface area contributed by atoms with E-state index >= 15 is 0 Å². The average molecular weight is 507 g/mol. The van der Waals surface area contributed by atoms with Crippen molar-refractivity contribution in [3.05, 3.63) is 161 Å². The highest BCUT2D eigenvalue weighted by atomic mass is 16.3. The average Bonchev–Trinajstić information content (AvgIpc) is 3.04. The summed E-state index contributed by atoms with van der Waals surface area (Å²) >= 11 is 0. The summed E-state index contributed by atoms with van der Waals surface area (Å²) in [5.74, 6) is 0.439. The Morgan fingerprint density at radius 2 is 0.778 bits per heavy atom. The second-order valence-corrected chi connectivity index (χ2v) is 3.53. The molecule has 3 heteroatoms. The lowest BCUT2D eigenvalue weighted by molar-refractivity contribution is 0.186. The van der Waals surface area contributed by atoms with Crippen LogP contribution >= 0.6 is 0 Å². The van der Waals surface area contributed by atoms with E-state index in [0.29, 0.717) is 5.75 Å². The van der Waals surface area contributed by atoms with Crippen LogP contribution in [0.25, 0.3) is 0 Å². The zero-order chi connectivity index (χ0) is 32.2. The van der Waals surface area contributed by atoms with Gasteiger partial charge in [0.2, 0.25) is 0 Å². The van der Waals surface area contributed by atoms with Gasteiger partial charge < -0.3 is 15.3 Å². The zero-order valence-corrected chi connectivity index (χ0v) is 24.0. The number of phenolic OH excluding ortho intramolecular Hbond substituents is 1. The molecule has 36 heavy (non-hydrogen) atoms. The van der Waals surface area contributed by atoms with Gasteiger partial charge in [-0.3, -0.25) is 0 Å². The number of rotatable bonds is 5. The van der Waals surface area contributed by atoms with Crippen LogP contribution in [-0.2, 0) is 6.42 Å². The van der Waals surface area contributed by atoms with Gasteiger partial charge >= 0.3 is 0 Å². The van der Waals surface area contributed by atoms with E-state index in [-0.39, 0.29) is 13.2 Å². The molecule has 212 valence electrons. The summed E-state index contributed by atoms with van der Waals surface area (Å²) in [7, 11) is 0. The number of phenols is 1. The fourth-order valence-corrected chi connectivity index (χ4v) is 1.29. The Bertz CT molecular complexity index is 359. The monoisotopic (exact) mass is 506 g/mol. The van der Waals surface area contributed by atoms with Crippen molar-refractivity contribution in [2.45, 2.75) is 32.6 Å². The van der Waals surface area contributed by atoms with Gasteiger partial charge in [0.05, 0.1) is 13.2 Å². The molecule has 0 bridgehead atoms. The fraction of sp³-hybridized carbons (Fsp3) is 0.212. The highest BCUT2D eigenvalue weighted by Gasteiger charge is 1.97. The van der Waals surface area contributed by atoms with Gasteiger partial charge in [-0.2, -0.15) is 0 Å². The number of aromatic hydroxyl groups is 1. The normalized spacial score (nSPS) is 5.31. The van der Waals surface area contributed by atoms with Crippen molar-refractivity contribution >= 4 is 0 Å². The molecule has 3 nitrogen and oxygen atoms in total. The molecule has 0 aromatic heterocycles. The minimum absolute atomic E-state index is 0.125. The SMILES string of the molecule is C=C.C=C.C=C.C=C.C=C.C=C.C=C.C=C.C=C.C=C.CCCCCc1ccccc1O.OCCO. The third-order valence-electron chi connectivity index (χ3n) is 2.14. The van der Waals surface area contributed by atoms with Crippen molar-refractivity contribution in [1.82, 2.24) is 0 Å². The number of benzene rings is 1. The molecule has 1 aromatic carbocycles. The molecule has 0 saturated carbocycles. The van der Waals surface area contributed by atoms with E-state index in [4.69, 9.17) is 10.2 Å². The molecule has 0 saturated heterocycles. The zero-order valence-electron chi connectivity index (χ0n) is 24.0. The van der Waals surface area contributed by atoms with Crippen LogP contribution < -0.4 is 0 Å². The molecular weight excluding hydrogens is 444 g/mol. The highest BCUT2D eigenvalue weighted by Crippen LogP contribution is 2.17. The van der Waals surface area contributed by atoms with Crippen LogP contribution in [-0.4, -0.2) is 28.5 Å². The molecule has 0 fully saturated rings. The standard InChI is InChI=1S/C11H16O.C2H6O2.10C2H4/c1-2-3-4-7-10-8-5-6-9-11(10)12;3-1-2-4;10*1-2/h5-6,8-9,12H,2-4,7H2,1H3;3-4H,1-2H2;10*1-2H2. The van der Waals surface area contributed by atoms with Crippen LogP contribution in [0.3, 0.4) is 0 Å². The maximum atomic E-state index is 9.41. The highest BCUT2D eigenvalue weighted by molar-refractivity contribution is 5.31. The van der Waals surface area contributed by atoms with Crippen LogP contribution in [0.15, 0.2) is 156 Å². The summed E-state index contributed by atoms with van der Waals surface area (Å²) < 4.78 is 0. The van der Waals surface area contributed by atoms with Gasteiger partial charge in [-0.05, 0) is 24.5 Å². The lowest BCUT2D eigenvalue weighted by Gasteiger charge is -2.02. The van der Waals surface area contributed by atoms with Gasteiger partial charge in [0.1, 0.15) is 5.75 Å². The predicted octanol–water partition coefficient (Wildman–Crippen LogP) is 10.1. The summed E-state index contributed by atoms with van der Waals surface area (Å²) in [5, 5.41) is 24.7. The first kappa shape index (κ1) is 69.8. The van der Waals surface area contributed by atoms with Gasteiger partial charge in [0.15, 0.2) is 0 Å². The predicted molar refractivity (Wildman–Crippen MR) is 178 cm³/mol. The second-order valence-electron chi connectivity index (χ2n) is 3.53. The lowest BCUT2D eigenvalue weighted by atomic mass is 10.1. The van der Waals surface area contributed by atoms with E-state index in [2.05, 4.69) is 139 Å². The largest absolute Gasteiger partial charge is 0.508 e. The van der Waals surface area contributed by atoms with Crippen LogP contribution in [0.4, 0.5) is 0 Å². The number of hydrogen-bond acceptors (Lipinski definition) is 3. The van der Waals surface area contributed by atoms with Gasteiger partial charge in [-0.25, -0.2) is 0 Å². The molecule has 0 radical (unpaired) electrons. The van der Waals surface area contributed by atoms with Gasteiger partial charge in [0, 0.05) is 0 Å². The number of para-hydroxylation sites is 1. The van der Waals surface area contributed by atoms with E-state index in [1.165, 1.54) is 19.3 Å². The van der Waals surface area contributed by atoms with Crippen molar-refractivity contribution < 1.29 is 15.3 Å². The second kappa shape index (κ2) is 189. The Morgan fingerprint density at radius 3 is 1.00 bits per heavy atom. The van der Waals surface area contributed by atoms with Gasteiger partial charge in [-0.1, -0.05) is 38.0 Å². The molecule has 0 amide bonds. The van der Waals surface area contributed by atoms with E-state index in [1.807, 2.05) is 18.2 Å². The molecule has 1 rings (SSSR count). The molecule has 0 heterocycles. The van der Waals surface area contributed by atoms with E-state index in [9.17, 15) is 5.11 Å². The van der Waals surface area contributed by atoms with E-state index in [0.717, 1.165) is 12.0 Å². The third kappa shape index (κ3) is 147. The quantitative estimate of drug-likeness (QED) is 0.275. The summed E-state index contributed by atoms with van der Waals surface area (Å²) in [4.78, 5) is 0. The van der Waals surface area contributed by atoms with Crippen molar-refractivity contribution in [2.75, 3.05) is 13.2 Å². The van der Waals surface area contributed by atoms with E-state index < -0.39 is 0 Å². The smallest absolute Gasteiger partial charge is 0.118 e. The molecule has 0 spiro atoms. The third-order valence-corrected chi connectivity index (χ3v) is 2.14. The molecular formula is C33H62O3. The number of hydrogen-bond donors (Lipinski definition) is 3. The maximum Gasteiger partial charge on any atom is 0.118 e. The summed E-state index contributed by atoms with van der Waals surface area (Å²) in [5.41, 5.74) is 1.07.